The monoisotopic (exact) mass is 667 g/mol. The van der Waals surface area contributed by atoms with Crippen LogP contribution in [-0.2, 0) is 0 Å². The Balaban J connectivity index is 1.25. The van der Waals surface area contributed by atoms with Gasteiger partial charge in [-0.05, 0) is 127 Å². The topological polar surface area (TPSA) is 3.24 Å². The van der Waals surface area contributed by atoms with E-state index in [9.17, 15) is 4.39 Å². The van der Waals surface area contributed by atoms with Gasteiger partial charge in [0.25, 0.3) is 0 Å². The number of nitrogens with zero attached hydrogens (tertiary/aromatic N) is 1. The SMILES string of the molecule is Cc1ccc(N(c2ccc(F)cc2)c2c3ccccc3c(-c3cc(C)cc(-c4ccc5ccc6cccc7ccc4c5c67)c3)c3ccccc23)cc1. The molecule has 0 heterocycles. The van der Waals surface area contributed by atoms with Crippen LogP contribution in [0.4, 0.5) is 21.5 Å². The van der Waals surface area contributed by atoms with Crippen molar-refractivity contribution >= 4 is 70.9 Å². The summed E-state index contributed by atoms with van der Waals surface area (Å²) in [4.78, 5) is 2.28. The zero-order valence-electron chi connectivity index (χ0n) is 29.0. The summed E-state index contributed by atoms with van der Waals surface area (Å²) in [7, 11) is 0. The number of hydrogen-bond acceptors (Lipinski definition) is 1. The van der Waals surface area contributed by atoms with Crippen molar-refractivity contribution in [1.82, 2.24) is 0 Å². The lowest BCUT2D eigenvalue weighted by atomic mass is 9.86. The number of anilines is 3. The van der Waals surface area contributed by atoms with Crippen LogP contribution >= 0.6 is 0 Å². The zero-order chi connectivity index (χ0) is 34.9. The highest BCUT2D eigenvalue weighted by Crippen LogP contribution is 2.49. The Hall–Kier alpha value is -6.51. The Morgan fingerprint density at radius 2 is 0.942 bits per heavy atom. The van der Waals surface area contributed by atoms with Crippen molar-refractivity contribution in [2.24, 2.45) is 0 Å². The number of fused-ring (bicyclic) bond motifs is 2. The molecule has 0 aliphatic carbocycles. The number of aryl methyl sites for hydroxylation is 2. The largest absolute Gasteiger partial charge is 0.309 e. The molecule has 0 saturated heterocycles. The first-order chi connectivity index (χ1) is 25.5. The molecule has 0 aromatic heterocycles. The third-order valence-corrected chi connectivity index (χ3v) is 10.7. The number of benzene rings is 10. The molecule has 0 amide bonds. The van der Waals surface area contributed by atoms with Crippen LogP contribution in [0.5, 0.6) is 0 Å². The first-order valence-electron chi connectivity index (χ1n) is 17.9. The van der Waals surface area contributed by atoms with E-state index < -0.39 is 0 Å². The fourth-order valence-corrected chi connectivity index (χ4v) is 8.42. The quantitative estimate of drug-likeness (QED) is 0.130. The van der Waals surface area contributed by atoms with Crippen LogP contribution in [0.3, 0.4) is 0 Å². The van der Waals surface area contributed by atoms with Crippen molar-refractivity contribution in [2.75, 3.05) is 4.90 Å². The molecule has 10 aromatic carbocycles. The molecule has 52 heavy (non-hydrogen) atoms. The van der Waals surface area contributed by atoms with Gasteiger partial charge in [0.1, 0.15) is 5.82 Å². The van der Waals surface area contributed by atoms with Gasteiger partial charge in [-0.15, -0.1) is 0 Å². The highest BCUT2D eigenvalue weighted by molar-refractivity contribution is 6.26. The maximum Gasteiger partial charge on any atom is 0.123 e. The van der Waals surface area contributed by atoms with Gasteiger partial charge in [0.2, 0.25) is 0 Å². The van der Waals surface area contributed by atoms with Crippen LogP contribution in [0, 0.1) is 19.7 Å². The van der Waals surface area contributed by atoms with Crippen LogP contribution in [0.25, 0.3) is 76.1 Å². The molecule has 0 bridgehead atoms. The maximum absolute atomic E-state index is 14.3. The average Bonchev–Trinajstić information content (AvgIpc) is 3.18. The first-order valence-corrected chi connectivity index (χ1v) is 17.9. The van der Waals surface area contributed by atoms with Crippen molar-refractivity contribution in [1.29, 1.82) is 0 Å². The van der Waals surface area contributed by atoms with E-state index in [-0.39, 0.29) is 5.82 Å². The van der Waals surface area contributed by atoms with Crippen molar-refractivity contribution in [3.8, 4) is 22.3 Å². The molecule has 0 N–H and O–H groups in total. The van der Waals surface area contributed by atoms with Crippen molar-refractivity contribution in [2.45, 2.75) is 13.8 Å². The number of hydrogen-bond donors (Lipinski definition) is 0. The maximum atomic E-state index is 14.3. The van der Waals surface area contributed by atoms with E-state index in [0.717, 1.165) is 27.8 Å². The van der Waals surface area contributed by atoms with E-state index in [0.29, 0.717) is 0 Å². The summed E-state index contributed by atoms with van der Waals surface area (Å²) in [6, 6.07) is 60.1. The molecule has 0 aliphatic rings. The zero-order valence-corrected chi connectivity index (χ0v) is 29.0. The van der Waals surface area contributed by atoms with Gasteiger partial charge < -0.3 is 4.90 Å². The molecule has 10 rings (SSSR count). The van der Waals surface area contributed by atoms with Gasteiger partial charge >= 0.3 is 0 Å². The molecular weight excluding hydrogens is 634 g/mol. The van der Waals surface area contributed by atoms with E-state index in [1.54, 1.807) is 12.1 Å². The first kappa shape index (κ1) is 30.3. The van der Waals surface area contributed by atoms with Crippen molar-refractivity contribution < 1.29 is 4.39 Å². The van der Waals surface area contributed by atoms with Gasteiger partial charge in [0.15, 0.2) is 0 Å². The average molecular weight is 668 g/mol. The summed E-state index contributed by atoms with van der Waals surface area (Å²) >= 11 is 0. The predicted octanol–water partition coefficient (Wildman–Crippen LogP) is 14.5. The minimum Gasteiger partial charge on any atom is -0.309 e. The lowest BCUT2D eigenvalue weighted by molar-refractivity contribution is 0.628. The van der Waals surface area contributed by atoms with Crippen LogP contribution in [0.1, 0.15) is 11.1 Å². The fourth-order valence-electron chi connectivity index (χ4n) is 8.42. The Morgan fingerprint density at radius 1 is 0.404 bits per heavy atom. The summed E-state index contributed by atoms with van der Waals surface area (Å²) in [6.07, 6.45) is 0. The minimum atomic E-state index is -0.252. The molecule has 0 spiro atoms. The van der Waals surface area contributed by atoms with E-state index in [2.05, 4.69) is 164 Å². The van der Waals surface area contributed by atoms with E-state index >= 15 is 0 Å². The second-order valence-corrected chi connectivity index (χ2v) is 14.0. The summed E-state index contributed by atoms with van der Waals surface area (Å²) in [5, 5.41) is 12.3. The van der Waals surface area contributed by atoms with Crippen LogP contribution < -0.4 is 4.90 Å². The normalized spacial score (nSPS) is 11.8. The second-order valence-electron chi connectivity index (χ2n) is 14.0. The van der Waals surface area contributed by atoms with Crippen molar-refractivity contribution in [3.05, 3.63) is 187 Å². The number of halogens is 1. The van der Waals surface area contributed by atoms with Gasteiger partial charge in [0.05, 0.1) is 5.69 Å². The summed E-state index contributed by atoms with van der Waals surface area (Å²) in [6.45, 7) is 4.31. The third-order valence-electron chi connectivity index (χ3n) is 10.7. The lowest BCUT2D eigenvalue weighted by Crippen LogP contribution is -2.11. The second kappa shape index (κ2) is 11.8. The van der Waals surface area contributed by atoms with Gasteiger partial charge in [-0.25, -0.2) is 4.39 Å². The lowest BCUT2D eigenvalue weighted by Gasteiger charge is -2.29. The highest BCUT2D eigenvalue weighted by Gasteiger charge is 2.23. The fraction of sp³-hybridized carbons (Fsp3) is 0.0400. The highest BCUT2D eigenvalue weighted by atomic mass is 19.1. The van der Waals surface area contributed by atoms with Gasteiger partial charge in [-0.3, -0.25) is 0 Å². The molecule has 0 fully saturated rings. The summed E-state index contributed by atoms with van der Waals surface area (Å²) < 4.78 is 14.3. The molecule has 0 unspecified atom stereocenters. The predicted molar refractivity (Wildman–Crippen MR) is 220 cm³/mol. The Labute approximate surface area is 302 Å². The molecule has 10 aromatic rings. The molecule has 0 atom stereocenters. The van der Waals surface area contributed by atoms with E-state index in [4.69, 9.17) is 0 Å². The Morgan fingerprint density at radius 3 is 1.60 bits per heavy atom. The number of rotatable bonds is 5. The molecule has 2 heteroatoms. The molecule has 0 radical (unpaired) electrons. The van der Waals surface area contributed by atoms with Gasteiger partial charge in [0, 0.05) is 22.1 Å². The molecule has 246 valence electrons. The van der Waals surface area contributed by atoms with E-state index in [1.807, 2.05) is 12.1 Å². The summed E-state index contributed by atoms with van der Waals surface area (Å²) in [5.41, 5.74) is 10.2. The van der Waals surface area contributed by atoms with Crippen LogP contribution in [0.15, 0.2) is 170 Å². The smallest absolute Gasteiger partial charge is 0.123 e. The molecule has 1 nitrogen and oxygen atoms in total. The van der Waals surface area contributed by atoms with Crippen LogP contribution in [0.2, 0.25) is 0 Å². The van der Waals surface area contributed by atoms with E-state index in [1.165, 1.54) is 76.5 Å². The van der Waals surface area contributed by atoms with Gasteiger partial charge in [-0.2, -0.15) is 0 Å². The van der Waals surface area contributed by atoms with Crippen LogP contribution in [-0.4, -0.2) is 0 Å². The third kappa shape index (κ3) is 4.76. The minimum absolute atomic E-state index is 0.252. The Kier molecular flexibility index (Phi) is 6.87. The standard InChI is InChI=1S/C50H34FN/c1-31-14-22-39(23-15-31)52(40-24-20-38(51)21-25-40)50-45-12-5-3-10-42(45)48(43-11-4-6-13-46(43)50)37-29-32(2)28-36(30-37)41-26-18-35-17-16-33-8-7-9-34-19-27-44(41)49(35)47(33)34/h3-30H,1-2H3. The molecular formula is C50H34FN. The molecule has 0 aliphatic heterocycles. The Bertz CT molecular complexity index is 2860. The van der Waals surface area contributed by atoms with Gasteiger partial charge in [-0.1, -0.05) is 133 Å². The summed E-state index contributed by atoms with van der Waals surface area (Å²) in [5.74, 6) is -0.252. The molecule has 0 saturated carbocycles. The van der Waals surface area contributed by atoms with Crippen molar-refractivity contribution in [3.63, 3.8) is 0 Å².